The summed E-state index contributed by atoms with van der Waals surface area (Å²) in [6, 6.07) is 0. The molecule has 1 unspecified atom stereocenters. The quantitative estimate of drug-likeness (QED) is 0.0261. The van der Waals surface area contributed by atoms with Crippen LogP contribution in [0.3, 0.4) is 0 Å². The Hall–Kier alpha value is -2.11. The van der Waals surface area contributed by atoms with E-state index < -0.39 is 6.10 Å². The van der Waals surface area contributed by atoms with Crippen LogP contribution in [0.5, 0.6) is 0 Å². The summed E-state index contributed by atoms with van der Waals surface area (Å²) >= 11 is 0. The summed E-state index contributed by atoms with van der Waals surface area (Å²) in [6.07, 6.45) is 82.0. The average molecular weight is 1100 g/mol. The first-order valence-electron chi connectivity index (χ1n) is 35.3. The minimum Gasteiger partial charge on any atom is -0.462 e. The van der Waals surface area contributed by atoms with Crippen LogP contribution in [0.15, 0.2) is 24.3 Å². The SMILES string of the molecule is CCCCCCC/C=C\C/C=C\CCCCCCCCCCCCCC(=O)OCC(COC(=O)CCCCCCCCCCCCCCCCCC)OC(=O)CCCCCCCCCCCCCCCCCCCCCCC. The molecule has 0 rings (SSSR count). The molecule has 0 radical (unpaired) electrons. The highest BCUT2D eigenvalue weighted by Gasteiger charge is 2.19. The van der Waals surface area contributed by atoms with Crippen molar-refractivity contribution in [2.75, 3.05) is 13.2 Å². The molecule has 0 fully saturated rings. The van der Waals surface area contributed by atoms with E-state index >= 15 is 0 Å². The lowest BCUT2D eigenvalue weighted by molar-refractivity contribution is -0.167. The fourth-order valence-electron chi connectivity index (χ4n) is 10.9. The van der Waals surface area contributed by atoms with Gasteiger partial charge in [-0.1, -0.05) is 353 Å². The predicted molar refractivity (Wildman–Crippen MR) is 340 cm³/mol. The molecule has 0 saturated heterocycles. The van der Waals surface area contributed by atoms with Crippen LogP contribution >= 0.6 is 0 Å². The van der Waals surface area contributed by atoms with Crippen molar-refractivity contribution in [3.8, 4) is 0 Å². The van der Waals surface area contributed by atoms with E-state index in [-0.39, 0.29) is 31.1 Å². The molecule has 0 aromatic carbocycles. The minimum atomic E-state index is -0.769. The van der Waals surface area contributed by atoms with Crippen LogP contribution < -0.4 is 0 Å². The lowest BCUT2D eigenvalue weighted by Crippen LogP contribution is -2.30. The van der Waals surface area contributed by atoms with Crippen LogP contribution in [-0.2, 0) is 28.6 Å². The van der Waals surface area contributed by atoms with Gasteiger partial charge in [0.05, 0.1) is 0 Å². The molecular weight excluding hydrogens is 961 g/mol. The fourth-order valence-corrected chi connectivity index (χ4v) is 10.9. The summed E-state index contributed by atoms with van der Waals surface area (Å²) < 4.78 is 17.0. The van der Waals surface area contributed by atoms with Gasteiger partial charge in [0.1, 0.15) is 13.2 Å². The normalized spacial score (nSPS) is 12.1. The summed E-state index contributed by atoms with van der Waals surface area (Å²) in [5.41, 5.74) is 0. The highest BCUT2D eigenvalue weighted by Crippen LogP contribution is 2.19. The largest absolute Gasteiger partial charge is 0.462 e. The molecule has 6 heteroatoms. The van der Waals surface area contributed by atoms with E-state index in [1.54, 1.807) is 0 Å². The van der Waals surface area contributed by atoms with Gasteiger partial charge in [-0.15, -0.1) is 0 Å². The van der Waals surface area contributed by atoms with Crippen molar-refractivity contribution in [2.45, 2.75) is 406 Å². The zero-order valence-electron chi connectivity index (χ0n) is 53.0. The van der Waals surface area contributed by atoms with E-state index in [4.69, 9.17) is 14.2 Å². The molecule has 0 aliphatic heterocycles. The Morgan fingerprint density at radius 1 is 0.256 bits per heavy atom. The summed E-state index contributed by atoms with van der Waals surface area (Å²) in [4.78, 5) is 38.5. The first kappa shape index (κ1) is 75.9. The maximum atomic E-state index is 13.0. The maximum absolute atomic E-state index is 13.0. The molecule has 460 valence electrons. The number of hydrogen-bond donors (Lipinski definition) is 0. The second-order valence-electron chi connectivity index (χ2n) is 24.2. The third-order valence-corrected chi connectivity index (χ3v) is 16.2. The number of allylic oxidation sites excluding steroid dienone is 4. The van der Waals surface area contributed by atoms with Gasteiger partial charge in [0.2, 0.25) is 0 Å². The minimum absolute atomic E-state index is 0.0647. The third-order valence-electron chi connectivity index (χ3n) is 16.2. The van der Waals surface area contributed by atoms with Crippen LogP contribution in [0, 0.1) is 0 Å². The van der Waals surface area contributed by atoms with Crippen molar-refractivity contribution < 1.29 is 28.6 Å². The molecule has 6 nitrogen and oxygen atoms in total. The van der Waals surface area contributed by atoms with E-state index in [2.05, 4.69) is 45.1 Å². The van der Waals surface area contributed by atoms with Crippen molar-refractivity contribution in [2.24, 2.45) is 0 Å². The van der Waals surface area contributed by atoms with Gasteiger partial charge in [0.25, 0.3) is 0 Å². The molecule has 0 bridgehead atoms. The van der Waals surface area contributed by atoms with Gasteiger partial charge in [-0.25, -0.2) is 0 Å². The van der Waals surface area contributed by atoms with Gasteiger partial charge in [-0.3, -0.25) is 14.4 Å². The molecule has 0 spiro atoms. The monoisotopic (exact) mass is 1100 g/mol. The maximum Gasteiger partial charge on any atom is 0.306 e. The Morgan fingerprint density at radius 3 is 0.705 bits per heavy atom. The molecule has 1 atom stereocenters. The Morgan fingerprint density at radius 2 is 0.462 bits per heavy atom. The third kappa shape index (κ3) is 64.7. The Labute approximate surface area is 487 Å². The molecular formula is C72H136O6. The average Bonchev–Trinajstić information content (AvgIpc) is 3.44. The molecule has 78 heavy (non-hydrogen) atoms. The molecule has 0 aromatic rings. The van der Waals surface area contributed by atoms with E-state index in [1.165, 1.54) is 295 Å². The van der Waals surface area contributed by atoms with Crippen LogP contribution in [0.2, 0.25) is 0 Å². The van der Waals surface area contributed by atoms with Crippen molar-refractivity contribution >= 4 is 17.9 Å². The summed E-state index contributed by atoms with van der Waals surface area (Å²) in [6.45, 7) is 6.72. The van der Waals surface area contributed by atoms with E-state index in [9.17, 15) is 14.4 Å². The highest BCUT2D eigenvalue weighted by molar-refractivity contribution is 5.71. The standard InChI is InChI=1S/C72H136O6/c1-4-7-10-13-16-19-22-25-28-31-33-35-36-38-39-41-44-47-50-53-56-59-62-65-71(74)77-68-69(67-76-70(73)64-61-58-55-52-49-46-43-30-27-24-21-18-15-12-9-6-3)78-72(75)66-63-60-57-54-51-48-45-42-40-37-34-32-29-26-23-20-17-14-11-8-5-2/h22,25,31,33,69H,4-21,23-24,26-30,32,34-68H2,1-3H3/b25-22-,33-31-. The molecule has 0 heterocycles. The first-order valence-corrected chi connectivity index (χ1v) is 35.3. The van der Waals surface area contributed by atoms with Crippen molar-refractivity contribution in [1.82, 2.24) is 0 Å². The van der Waals surface area contributed by atoms with Gasteiger partial charge in [0.15, 0.2) is 6.10 Å². The van der Waals surface area contributed by atoms with Crippen LogP contribution in [0.4, 0.5) is 0 Å². The van der Waals surface area contributed by atoms with E-state index in [1.807, 2.05) is 0 Å². The number of carbonyl (C=O) groups excluding carboxylic acids is 3. The lowest BCUT2D eigenvalue weighted by Gasteiger charge is -2.18. The van der Waals surface area contributed by atoms with Gasteiger partial charge >= 0.3 is 17.9 Å². The molecule has 0 amide bonds. The smallest absolute Gasteiger partial charge is 0.306 e. The Bertz CT molecular complexity index is 1260. The van der Waals surface area contributed by atoms with Gasteiger partial charge in [-0.2, -0.15) is 0 Å². The molecule has 0 aromatic heterocycles. The van der Waals surface area contributed by atoms with Crippen molar-refractivity contribution in [3.05, 3.63) is 24.3 Å². The van der Waals surface area contributed by atoms with Crippen LogP contribution in [0.1, 0.15) is 400 Å². The number of rotatable bonds is 66. The molecule has 0 N–H and O–H groups in total. The molecule has 0 saturated carbocycles. The zero-order valence-corrected chi connectivity index (χ0v) is 53.0. The van der Waals surface area contributed by atoms with E-state index in [0.29, 0.717) is 19.3 Å². The number of unbranched alkanes of at least 4 members (excludes halogenated alkanes) is 51. The van der Waals surface area contributed by atoms with Gasteiger partial charge < -0.3 is 14.2 Å². The lowest BCUT2D eigenvalue weighted by atomic mass is 10.0. The van der Waals surface area contributed by atoms with Gasteiger partial charge in [-0.05, 0) is 51.4 Å². The summed E-state index contributed by atoms with van der Waals surface area (Å²) in [5.74, 6) is -0.832. The van der Waals surface area contributed by atoms with Gasteiger partial charge in [0, 0.05) is 19.3 Å². The fraction of sp³-hybridized carbons (Fsp3) is 0.903. The van der Waals surface area contributed by atoms with Crippen molar-refractivity contribution in [3.63, 3.8) is 0 Å². The number of hydrogen-bond acceptors (Lipinski definition) is 6. The first-order chi connectivity index (χ1) is 38.5. The number of ether oxygens (including phenoxy) is 3. The predicted octanol–water partition coefficient (Wildman–Crippen LogP) is 24.2. The second kappa shape index (κ2) is 67.4. The highest BCUT2D eigenvalue weighted by atomic mass is 16.6. The second-order valence-corrected chi connectivity index (χ2v) is 24.2. The van der Waals surface area contributed by atoms with Crippen molar-refractivity contribution in [1.29, 1.82) is 0 Å². The van der Waals surface area contributed by atoms with Crippen LogP contribution in [0.25, 0.3) is 0 Å². The molecule has 0 aliphatic rings. The zero-order chi connectivity index (χ0) is 56.4. The summed E-state index contributed by atoms with van der Waals surface area (Å²) in [5, 5.41) is 0. The number of carbonyl (C=O) groups is 3. The Kier molecular flexibility index (Phi) is 65.6. The number of esters is 3. The van der Waals surface area contributed by atoms with Crippen LogP contribution in [-0.4, -0.2) is 37.2 Å². The molecule has 0 aliphatic carbocycles. The van der Waals surface area contributed by atoms with E-state index in [0.717, 1.165) is 64.2 Å². The summed E-state index contributed by atoms with van der Waals surface area (Å²) in [7, 11) is 0. The topological polar surface area (TPSA) is 78.9 Å². The Balaban J connectivity index is 4.28.